The van der Waals surface area contributed by atoms with E-state index >= 15 is 0 Å². The minimum Gasteiger partial charge on any atom is -0.478 e. The predicted molar refractivity (Wildman–Crippen MR) is 143 cm³/mol. The van der Waals surface area contributed by atoms with Crippen LogP contribution in [0.25, 0.3) is 0 Å². The lowest BCUT2D eigenvalue weighted by Crippen LogP contribution is -2.72. The van der Waals surface area contributed by atoms with Crippen molar-refractivity contribution in [2.75, 3.05) is 0 Å². The highest BCUT2D eigenvalue weighted by atomic mass is 28.4. The molecule has 3 aromatic rings. The lowest BCUT2D eigenvalue weighted by atomic mass is 10.2. The van der Waals surface area contributed by atoms with Gasteiger partial charge in [0.15, 0.2) is 8.32 Å². The lowest BCUT2D eigenvalue weighted by Gasteiger charge is -2.42. The Labute approximate surface area is 200 Å². The smallest absolute Gasteiger partial charge is 0.330 e. The van der Waals surface area contributed by atoms with Gasteiger partial charge in [0.1, 0.15) is 0 Å². The molecule has 0 spiro atoms. The van der Waals surface area contributed by atoms with Gasteiger partial charge in [0.05, 0.1) is 0 Å². The third-order valence-corrected chi connectivity index (χ3v) is 15.2. The Hall–Kier alpha value is -2.74. The first-order valence-electron chi connectivity index (χ1n) is 11.6. The molecule has 3 aromatic carbocycles. The topological polar surface area (TPSA) is 46.5 Å². The van der Waals surface area contributed by atoms with E-state index in [-0.39, 0.29) is 5.54 Å². The maximum atomic E-state index is 11.6. The molecule has 5 heteroatoms. The Bertz CT molecular complexity index is 967. The molecule has 0 aliphatic rings. The van der Waals surface area contributed by atoms with Crippen LogP contribution >= 0.6 is 0 Å². The van der Waals surface area contributed by atoms with Gasteiger partial charge in [-0.2, -0.15) is 0 Å². The molecular weight excluding hydrogens is 440 g/mol. The monoisotopic (exact) mass is 474 g/mol. The molecule has 0 radical (unpaired) electrons. The maximum Gasteiger partial charge on any atom is 0.330 e. The first-order valence-corrected chi connectivity index (χ1v) is 16.5. The normalized spacial score (nSPS) is 13.5. The van der Waals surface area contributed by atoms with Crippen molar-refractivity contribution in [2.45, 2.75) is 45.3 Å². The summed E-state index contributed by atoms with van der Waals surface area (Å²) in [5, 5.41) is 13.2. The van der Waals surface area contributed by atoms with E-state index in [4.69, 9.17) is 4.12 Å². The number of carboxylic acids is 1. The summed E-state index contributed by atoms with van der Waals surface area (Å²) in [5.74, 6) is -0.862. The molecule has 1 atom stereocenters. The van der Waals surface area contributed by atoms with Crippen LogP contribution < -0.4 is 15.6 Å². The molecule has 0 amide bonds. The Kier molecular flexibility index (Phi) is 8.24. The summed E-state index contributed by atoms with van der Waals surface area (Å²) in [5.41, 5.74) is 0.491. The summed E-state index contributed by atoms with van der Waals surface area (Å²) in [4.78, 5) is 11.6. The molecule has 0 fully saturated rings. The number of allylic oxidation sites excluding steroid dienone is 1. The SMILES string of the molecule is CCCC(/C=C(\C)C(=O)O)[Si](C)(C)O[Si](c1ccccc1)(c1ccccc1)c1ccccc1. The van der Waals surface area contributed by atoms with Crippen LogP contribution in [-0.2, 0) is 8.91 Å². The van der Waals surface area contributed by atoms with E-state index in [1.54, 1.807) is 6.92 Å². The van der Waals surface area contributed by atoms with Gasteiger partial charge in [-0.3, -0.25) is 0 Å². The van der Waals surface area contributed by atoms with Gasteiger partial charge >= 0.3 is 5.97 Å². The van der Waals surface area contributed by atoms with Crippen LogP contribution in [0.5, 0.6) is 0 Å². The van der Waals surface area contributed by atoms with Crippen LogP contribution in [-0.4, -0.2) is 27.7 Å². The van der Waals surface area contributed by atoms with Crippen LogP contribution in [0.2, 0.25) is 18.6 Å². The van der Waals surface area contributed by atoms with Crippen molar-refractivity contribution < 1.29 is 14.0 Å². The second-order valence-electron chi connectivity index (χ2n) is 9.03. The third-order valence-electron chi connectivity index (χ3n) is 6.24. The molecule has 0 heterocycles. The quantitative estimate of drug-likeness (QED) is 0.253. The molecule has 1 N–H and O–H groups in total. The zero-order chi connectivity index (χ0) is 23.9. The number of carboxylic acid groups (broad SMARTS) is 1. The van der Waals surface area contributed by atoms with Crippen LogP contribution in [0.1, 0.15) is 26.7 Å². The van der Waals surface area contributed by atoms with Gasteiger partial charge in [-0.1, -0.05) is 110 Å². The number of benzene rings is 3. The summed E-state index contributed by atoms with van der Waals surface area (Å²) in [6.07, 6.45) is 3.83. The van der Waals surface area contributed by atoms with E-state index in [0.29, 0.717) is 5.57 Å². The second kappa shape index (κ2) is 10.9. The molecular formula is C28H34O3Si2. The Morgan fingerprint density at radius 1 is 0.848 bits per heavy atom. The minimum atomic E-state index is -2.84. The molecule has 0 bridgehead atoms. The number of carbonyl (C=O) groups is 1. The van der Waals surface area contributed by atoms with Gasteiger partial charge < -0.3 is 9.22 Å². The molecule has 3 nitrogen and oxygen atoms in total. The number of rotatable bonds is 10. The number of hydrogen-bond donors (Lipinski definition) is 1. The van der Waals surface area contributed by atoms with Gasteiger partial charge in [-0.05, 0) is 47.5 Å². The Morgan fingerprint density at radius 3 is 1.58 bits per heavy atom. The largest absolute Gasteiger partial charge is 0.478 e. The van der Waals surface area contributed by atoms with Crippen molar-refractivity contribution in [2.24, 2.45) is 0 Å². The first-order chi connectivity index (χ1) is 15.8. The van der Waals surface area contributed by atoms with Crippen molar-refractivity contribution in [1.29, 1.82) is 0 Å². The van der Waals surface area contributed by atoms with Crippen molar-refractivity contribution in [3.63, 3.8) is 0 Å². The molecule has 0 saturated heterocycles. The summed E-state index contributed by atoms with van der Waals surface area (Å²) in [7, 11) is -5.27. The molecule has 0 aliphatic carbocycles. The van der Waals surface area contributed by atoms with E-state index in [0.717, 1.165) is 12.8 Å². The maximum absolute atomic E-state index is 11.6. The highest BCUT2D eigenvalue weighted by Crippen LogP contribution is 2.33. The van der Waals surface area contributed by atoms with Gasteiger partial charge in [0.2, 0.25) is 0 Å². The fraction of sp³-hybridized carbons (Fsp3) is 0.250. The second-order valence-corrected chi connectivity index (χ2v) is 16.9. The first kappa shape index (κ1) is 24.9. The van der Waals surface area contributed by atoms with Crippen molar-refractivity contribution in [1.82, 2.24) is 0 Å². The van der Waals surface area contributed by atoms with Crippen molar-refractivity contribution >= 4 is 38.2 Å². The highest BCUT2D eigenvalue weighted by molar-refractivity contribution is 7.10. The molecule has 0 saturated carbocycles. The average molecular weight is 475 g/mol. The van der Waals surface area contributed by atoms with Crippen molar-refractivity contribution in [3.05, 3.63) is 103 Å². The van der Waals surface area contributed by atoms with Crippen molar-refractivity contribution in [3.8, 4) is 0 Å². The lowest BCUT2D eigenvalue weighted by molar-refractivity contribution is -0.132. The summed E-state index contributed by atoms with van der Waals surface area (Å²) < 4.78 is 7.52. The van der Waals surface area contributed by atoms with Gasteiger partial charge in [0, 0.05) is 5.57 Å². The van der Waals surface area contributed by atoms with Gasteiger partial charge in [-0.25, -0.2) is 4.79 Å². The molecule has 33 heavy (non-hydrogen) atoms. The predicted octanol–water partition coefficient (Wildman–Crippen LogP) is 5.08. The Morgan fingerprint density at radius 2 is 1.24 bits per heavy atom. The highest BCUT2D eigenvalue weighted by Gasteiger charge is 2.48. The molecule has 3 rings (SSSR count). The van der Waals surface area contributed by atoms with E-state index < -0.39 is 22.6 Å². The minimum absolute atomic E-state index is 0.0987. The van der Waals surface area contributed by atoms with Crippen LogP contribution in [0, 0.1) is 0 Å². The van der Waals surface area contributed by atoms with Crippen LogP contribution in [0.15, 0.2) is 103 Å². The average Bonchev–Trinajstić information content (AvgIpc) is 2.84. The van der Waals surface area contributed by atoms with Gasteiger partial charge in [-0.15, -0.1) is 0 Å². The Balaban J connectivity index is 2.25. The number of aliphatic carboxylic acids is 1. The molecule has 0 aliphatic heterocycles. The summed E-state index contributed by atoms with van der Waals surface area (Å²) in [6.45, 7) is 8.33. The molecule has 1 unspecified atom stereocenters. The van der Waals surface area contributed by atoms with E-state index in [1.807, 2.05) is 24.3 Å². The summed E-state index contributed by atoms with van der Waals surface area (Å²) >= 11 is 0. The zero-order valence-electron chi connectivity index (χ0n) is 20.0. The zero-order valence-corrected chi connectivity index (χ0v) is 22.0. The van der Waals surface area contributed by atoms with Crippen LogP contribution in [0.3, 0.4) is 0 Å². The molecule has 0 aromatic heterocycles. The van der Waals surface area contributed by atoms with Crippen LogP contribution in [0.4, 0.5) is 0 Å². The van der Waals surface area contributed by atoms with E-state index in [1.165, 1.54) is 15.6 Å². The van der Waals surface area contributed by atoms with E-state index in [9.17, 15) is 9.90 Å². The standard InChI is InChI=1S/C28H34O3Si2/c1-5-15-27(22-23(2)28(29)30)32(3,4)31-33(24-16-9-6-10-17-24,25-18-11-7-12-19-25)26-20-13-8-14-21-26/h6-14,16-22,27H,5,15H2,1-4H3,(H,29,30)/b23-22+. The van der Waals surface area contributed by atoms with Gasteiger partial charge in [0.25, 0.3) is 8.32 Å². The number of hydrogen-bond acceptors (Lipinski definition) is 2. The third kappa shape index (κ3) is 5.61. The molecule has 172 valence electrons. The summed E-state index contributed by atoms with van der Waals surface area (Å²) in [6, 6.07) is 31.7. The fourth-order valence-electron chi connectivity index (χ4n) is 4.48. The van der Waals surface area contributed by atoms with E-state index in [2.05, 4.69) is 92.8 Å². The fourth-order valence-corrected chi connectivity index (χ4v) is 14.3.